The summed E-state index contributed by atoms with van der Waals surface area (Å²) < 4.78 is 2.20. The molecule has 0 spiro atoms. The summed E-state index contributed by atoms with van der Waals surface area (Å²) in [5.41, 5.74) is 2.97. The molecule has 2 aliphatic rings. The van der Waals surface area contributed by atoms with Crippen molar-refractivity contribution in [2.24, 2.45) is 0 Å². The third-order valence-corrected chi connectivity index (χ3v) is 3.49. The van der Waals surface area contributed by atoms with E-state index in [9.17, 15) is 0 Å². The van der Waals surface area contributed by atoms with E-state index in [4.69, 9.17) is 11.6 Å². The average molecular weight is 202 g/mol. The quantitative estimate of drug-likeness (QED) is 0.600. The molecule has 1 heterocycles. The molecule has 0 atom stereocenters. The zero-order valence-corrected chi connectivity index (χ0v) is 8.71. The van der Waals surface area contributed by atoms with Crippen LogP contribution in [0.3, 0.4) is 0 Å². The van der Waals surface area contributed by atoms with Gasteiger partial charge in [-0.15, -0.1) is 0 Å². The van der Waals surface area contributed by atoms with Crippen LogP contribution in [0.5, 0.6) is 0 Å². The van der Waals surface area contributed by atoms with Crippen molar-refractivity contribution in [3.8, 4) is 0 Å². The highest BCUT2D eigenvalue weighted by molar-refractivity contribution is 7.96. The summed E-state index contributed by atoms with van der Waals surface area (Å²) in [6.45, 7) is 1.08. The van der Waals surface area contributed by atoms with Gasteiger partial charge in [0.25, 0.3) is 0 Å². The molecule has 3 heteroatoms. The number of rotatable bonds is 1. The van der Waals surface area contributed by atoms with E-state index in [2.05, 4.69) is 16.8 Å². The number of hydrogen-bond acceptors (Lipinski definition) is 2. The van der Waals surface area contributed by atoms with Crippen LogP contribution in [0.2, 0.25) is 0 Å². The van der Waals surface area contributed by atoms with Crippen molar-refractivity contribution >= 4 is 23.5 Å². The van der Waals surface area contributed by atoms with Gasteiger partial charge in [0.05, 0.1) is 11.6 Å². The van der Waals surface area contributed by atoms with Crippen LogP contribution in [0.25, 0.3) is 0 Å². The van der Waals surface area contributed by atoms with Crippen LogP contribution in [-0.2, 0) is 0 Å². The molecule has 0 aromatic rings. The summed E-state index contributed by atoms with van der Waals surface area (Å²) in [6, 6.07) is 0. The lowest BCUT2D eigenvalue weighted by Gasteiger charge is -2.23. The van der Waals surface area contributed by atoms with Crippen LogP contribution < -0.4 is 0 Å². The maximum Gasteiger partial charge on any atom is 0.0606 e. The van der Waals surface area contributed by atoms with Crippen LogP contribution in [0.4, 0.5) is 0 Å². The Bertz CT molecular complexity index is 257. The second kappa shape index (κ2) is 3.35. The maximum atomic E-state index is 6.14. The molecule has 1 nitrogen and oxygen atoms in total. The molecule has 0 bridgehead atoms. The van der Waals surface area contributed by atoms with Gasteiger partial charge in [0.1, 0.15) is 0 Å². The van der Waals surface area contributed by atoms with Crippen molar-refractivity contribution in [3.05, 3.63) is 22.4 Å². The predicted molar refractivity (Wildman–Crippen MR) is 55.0 cm³/mol. The molecule has 2 rings (SSSR count). The van der Waals surface area contributed by atoms with Gasteiger partial charge >= 0.3 is 0 Å². The minimum absolute atomic E-state index is 0.961. The fourth-order valence-electron chi connectivity index (χ4n) is 1.82. The number of halogens is 1. The van der Waals surface area contributed by atoms with Gasteiger partial charge in [-0.05, 0) is 30.4 Å². The van der Waals surface area contributed by atoms with Gasteiger partial charge in [0, 0.05) is 12.5 Å². The molecule has 0 radical (unpaired) electrons. The normalized spacial score (nSPS) is 22.8. The first kappa shape index (κ1) is 8.52. The van der Waals surface area contributed by atoms with E-state index in [0.29, 0.717) is 0 Å². The van der Waals surface area contributed by atoms with Crippen molar-refractivity contribution < 1.29 is 0 Å². The molecular weight excluding hydrogens is 190 g/mol. The SMILES string of the molecule is CSN1C=C(Cl)C2=C(CCC2)C1. The smallest absolute Gasteiger partial charge is 0.0606 e. The Kier molecular flexibility index (Phi) is 2.37. The minimum atomic E-state index is 0.961. The Morgan fingerprint density at radius 2 is 2.33 bits per heavy atom. The molecule has 1 aliphatic heterocycles. The third-order valence-electron chi connectivity index (χ3n) is 2.46. The number of nitrogens with zero attached hydrogens (tertiary/aromatic N) is 1. The summed E-state index contributed by atoms with van der Waals surface area (Å²) in [6.07, 6.45) is 7.86. The van der Waals surface area contributed by atoms with Crippen molar-refractivity contribution in [3.63, 3.8) is 0 Å². The first-order valence-electron chi connectivity index (χ1n) is 4.20. The van der Waals surface area contributed by atoms with Crippen LogP contribution in [-0.4, -0.2) is 17.1 Å². The van der Waals surface area contributed by atoms with E-state index < -0.39 is 0 Å². The highest BCUT2D eigenvalue weighted by Gasteiger charge is 2.22. The van der Waals surface area contributed by atoms with Crippen molar-refractivity contribution in [2.45, 2.75) is 19.3 Å². The lowest BCUT2D eigenvalue weighted by molar-refractivity contribution is 0.652. The van der Waals surface area contributed by atoms with E-state index in [1.54, 1.807) is 17.5 Å². The summed E-state index contributed by atoms with van der Waals surface area (Å²) in [5.74, 6) is 0. The molecule has 0 amide bonds. The zero-order chi connectivity index (χ0) is 8.55. The van der Waals surface area contributed by atoms with Crippen molar-refractivity contribution in [2.75, 3.05) is 12.8 Å². The Morgan fingerprint density at radius 1 is 1.50 bits per heavy atom. The number of hydrogen-bond donors (Lipinski definition) is 0. The fraction of sp³-hybridized carbons (Fsp3) is 0.556. The van der Waals surface area contributed by atoms with Crippen LogP contribution in [0.15, 0.2) is 22.4 Å². The monoisotopic (exact) mass is 201 g/mol. The Morgan fingerprint density at radius 3 is 3.08 bits per heavy atom. The second-order valence-corrected chi connectivity index (χ2v) is 4.41. The summed E-state index contributed by atoms with van der Waals surface area (Å²) in [4.78, 5) is 0. The zero-order valence-electron chi connectivity index (χ0n) is 7.14. The first-order valence-corrected chi connectivity index (χ1v) is 5.76. The van der Waals surface area contributed by atoms with Gasteiger partial charge in [0.2, 0.25) is 0 Å². The molecule has 0 saturated heterocycles. The van der Waals surface area contributed by atoms with E-state index in [-0.39, 0.29) is 0 Å². The molecule has 1 aliphatic carbocycles. The van der Waals surface area contributed by atoms with Gasteiger partial charge in [-0.2, -0.15) is 0 Å². The lowest BCUT2D eigenvalue weighted by atomic mass is 10.1. The molecule has 0 unspecified atom stereocenters. The fourth-order valence-corrected chi connectivity index (χ4v) is 2.72. The highest BCUT2D eigenvalue weighted by atomic mass is 35.5. The van der Waals surface area contributed by atoms with Crippen LogP contribution in [0, 0.1) is 0 Å². The molecule has 0 N–H and O–H groups in total. The maximum absolute atomic E-state index is 6.14. The van der Waals surface area contributed by atoms with Gasteiger partial charge in [-0.3, -0.25) is 0 Å². The van der Waals surface area contributed by atoms with Crippen molar-refractivity contribution in [1.82, 2.24) is 4.31 Å². The van der Waals surface area contributed by atoms with E-state index in [1.807, 2.05) is 0 Å². The van der Waals surface area contributed by atoms with Crippen LogP contribution >= 0.6 is 23.5 Å². The van der Waals surface area contributed by atoms with Gasteiger partial charge in [0.15, 0.2) is 0 Å². The van der Waals surface area contributed by atoms with Gasteiger partial charge in [-0.1, -0.05) is 23.5 Å². The van der Waals surface area contributed by atoms with E-state index in [0.717, 1.165) is 11.6 Å². The van der Waals surface area contributed by atoms with E-state index >= 15 is 0 Å². The third kappa shape index (κ3) is 1.38. The average Bonchev–Trinajstić information content (AvgIpc) is 2.52. The molecule has 0 aromatic heterocycles. The molecular formula is C9H12ClNS. The van der Waals surface area contributed by atoms with E-state index in [1.165, 1.54) is 24.8 Å². The second-order valence-electron chi connectivity index (χ2n) is 3.17. The molecule has 66 valence electrons. The first-order chi connectivity index (χ1) is 5.81. The van der Waals surface area contributed by atoms with Crippen LogP contribution in [0.1, 0.15) is 19.3 Å². The Labute approximate surface area is 82.6 Å². The molecule has 0 fully saturated rings. The summed E-state index contributed by atoms with van der Waals surface area (Å²) >= 11 is 7.88. The highest BCUT2D eigenvalue weighted by Crippen LogP contribution is 2.37. The van der Waals surface area contributed by atoms with Gasteiger partial charge < -0.3 is 4.31 Å². The Hall–Kier alpha value is -0.0800. The minimum Gasteiger partial charge on any atom is -0.318 e. The largest absolute Gasteiger partial charge is 0.318 e. The van der Waals surface area contributed by atoms with Crippen molar-refractivity contribution in [1.29, 1.82) is 0 Å². The standard InChI is InChI=1S/C9H12ClNS/c1-12-11-5-7-3-2-4-8(7)9(10)6-11/h6H,2-5H2,1H3. The lowest BCUT2D eigenvalue weighted by Crippen LogP contribution is -2.16. The summed E-state index contributed by atoms with van der Waals surface area (Å²) in [7, 11) is 0. The molecule has 0 saturated carbocycles. The molecule has 12 heavy (non-hydrogen) atoms. The predicted octanol–water partition coefficient (Wildman–Crippen LogP) is 3.14. The summed E-state index contributed by atoms with van der Waals surface area (Å²) in [5, 5.41) is 0.961. The number of allylic oxidation sites excluding steroid dienone is 2. The topological polar surface area (TPSA) is 3.24 Å². The Balaban J connectivity index is 2.23. The van der Waals surface area contributed by atoms with Gasteiger partial charge in [-0.25, -0.2) is 0 Å². The molecule has 0 aromatic carbocycles.